The maximum Gasteiger partial charge on any atom is 0.231 e. The fourth-order valence-electron chi connectivity index (χ4n) is 4.93. The number of amides is 1. The minimum atomic E-state index is -3.04. The summed E-state index contributed by atoms with van der Waals surface area (Å²) in [5, 5.41) is 3.35. The zero-order valence-corrected chi connectivity index (χ0v) is 18.0. The molecule has 1 N–H and O–H groups in total. The molecular formula is C24H28N2O3S. The highest BCUT2D eigenvalue weighted by atomic mass is 32.2. The molecule has 0 spiro atoms. The molecule has 1 aliphatic carbocycles. The number of nitrogens with one attached hydrogen (secondary N) is 1. The molecule has 0 aromatic heterocycles. The van der Waals surface area contributed by atoms with Gasteiger partial charge in [-0.15, -0.1) is 0 Å². The summed E-state index contributed by atoms with van der Waals surface area (Å²) >= 11 is 0. The van der Waals surface area contributed by atoms with E-state index in [9.17, 15) is 13.2 Å². The van der Waals surface area contributed by atoms with Crippen LogP contribution in [-0.4, -0.2) is 38.9 Å². The fourth-order valence-corrected chi connectivity index (χ4v) is 6.54. The van der Waals surface area contributed by atoms with Crippen molar-refractivity contribution in [3.8, 4) is 0 Å². The van der Waals surface area contributed by atoms with Crippen molar-refractivity contribution in [3.05, 3.63) is 70.8 Å². The van der Waals surface area contributed by atoms with Crippen LogP contribution in [0.25, 0.3) is 0 Å². The van der Waals surface area contributed by atoms with Crippen LogP contribution >= 0.6 is 0 Å². The SMILES string of the molecule is O=C(N[C@H](CN1CCCC1)c1ccccc1)C1(c2ccc3c(c2)CS(=O)(=O)C3)CC1. The molecule has 30 heavy (non-hydrogen) atoms. The van der Waals surface area contributed by atoms with Crippen molar-refractivity contribution in [2.75, 3.05) is 19.6 Å². The molecule has 0 bridgehead atoms. The average molecular weight is 425 g/mol. The van der Waals surface area contributed by atoms with Gasteiger partial charge in [-0.1, -0.05) is 48.5 Å². The third kappa shape index (κ3) is 3.79. The van der Waals surface area contributed by atoms with Crippen LogP contribution < -0.4 is 5.32 Å². The van der Waals surface area contributed by atoms with Gasteiger partial charge in [-0.2, -0.15) is 0 Å². The van der Waals surface area contributed by atoms with Crippen LogP contribution in [-0.2, 0) is 31.6 Å². The minimum Gasteiger partial charge on any atom is -0.347 e. The molecule has 1 saturated carbocycles. The molecule has 2 aromatic carbocycles. The molecule has 6 heteroatoms. The molecule has 0 radical (unpaired) electrons. The Bertz CT molecular complexity index is 1060. The Morgan fingerprint density at radius 1 is 1.00 bits per heavy atom. The summed E-state index contributed by atoms with van der Waals surface area (Å²) in [5.41, 5.74) is 3.33. The van der Waals surface area contributed by atoms with E-state index in [1.54, 1.807) is 0 Å². The van der Waals surface area contributed by atoms with E-state index in [-0.39, 0.29) is 23.5 Å². The molecule has 0 unspecified atom stereocenters. The van der Waals surface area contributed by atoms with E-state index < -0.39 is 15.3 Å². The number of sulfone groups is 1. The quantitative estimate of drug-likeness (QED) is 0.774. The Labute approximate surface area is 178 Å². The van der Waals surface area contributed by atoms with Crippen molar-refractivity contribution in [2.45, 2.75) is 48.6 Å². The second-order valence-electron chi connectivity index (χ2n) is 9.04. The second-order valence-corrected chi connectivity index (χ2v) is 11.1. The third-order valence-corrected chi connectivity index (χ3v) is 8.34. The van der Waals surface area contributed by atoms with Gasteiger partial charge in [-0.05, 0) is 61.0 Å². The molecule has 1 saturated heterocycles. The molecule has 2 heterocycles. The lowest BCUT2D eigenvalue weighted by molar-refractivity contribution is -0.124. The average Bonchev–Trinajstić information content (AvgIpc) is 3.26. The lowest BCUT2D eigenvalue weighted by Crippen LogP contribution is -2.41. The highest BCUT2D eigenvalue weighted by Gasteiger charge is 2.52. The van der Waals surface area contributed by atoms with E-state index in [1.165, 1.54) is 12.8 Å². The molecule has 2 fully saturated rings. The number of fused-ring (bicyclic) bond motifs is 1. The zero-order chi connectivity index (χ0) is 20.8. The normalized spacial score (nSPS) is 22.4. The predicted molar refractivity (Wildman–Crippen MR) is 117 cm³/mol. The first-order chi connectivity index (χ1) is 14.5. The van der Waals surface area contributed by atoms with Crippen LogP contribution in [0.2, 0.25) is 0 Å². The summed E-state index contributed by atoms with van der Waals surface area (Å²) in [5.74, 6) is 0.278. The second kappa shape index (κ2) is 7.50. The van der Waals surface area contributed by atoms with E-state index >= 15 is 0 Å². The van der Waals surface area contributed by atoms with E-state index in [2.05, 4.69) is 22.3 Å². The van der Waals surface area contributed by atoms with Crippen LogP contribution in [0.5, 0.6) is 0 Å². The number of likely N-dealkylation sites (tertiary alicyclic amines) is 1. The Morgan fingerprint density at radius 3 is 2.40 bits per heavy atom. The first-order valence-corrected chi connectivity index (χ1v) is 12.7. The van der Waals surface area contributed by atoms with Crippen molar-refractivity contribution in [3.63, 3.8) is 0 Å². The highest BCUT2D eigenvalue weighted by molar-refractivity contribution is 7.90. The fraction of sp³-hybridized carbons (Fsp3) is 0.458. The largest absolute Gasteiger partial charge is 0.347 e. The van der Waals surface area contributed by atoms with E-state index in [0.717, 1.165) is 54.7 Å². The molecule has 1 atom stereocenters. The zero-order valence-electron chi connectivity index (χ0n) is 17.1. The van der Waals surface area contributed by atoms with E-state index in [4.69, 9.17) is 0 Å². The number of nitrogens with zero attached hydrogens (tertiary/aromatic N) is 1. The van der Waals surface area contributed by atoms with Crippen molar-refractivity contribution in [2.24, 2.45) is 0 Å². The number of carbonyl (C=O) groups excluding carboxylic acids is 1. The van der Waals surface area contributed by atoms with Gasteiger partial charge in [-0.3, -0.25) is 4.79 Å². The van der Waals surface area contributed by atoms with Crippen molar-refractivity contribution < 1.29 is 13.2 Å². The number of benzene rings is 2. The molecule has 5 rings (SSSR count). The van der Waals surface area contributed by atoms with Crippen molar-refractivity contribution in [1.82, 2.24) is 10.2 Å². The van der Waals surface area contributed by atoms with Gasteiger partial charge >= 0.3 is 0 Å². The summed E-state index contributed by atoms with van der Waals surface area (Å²) in [4.78, 5) is 15.9. The topological polar surface area (TPSA) is 66.5 Å². The molecule has 5 nitrogen and oxygen atoms in total. The van der Waals surface area contributed by atoms with Gasteiger partial charge in [0, 0.05) is 6.54 Å². The van der Waals surface area contributed by atoms with E-state index in [1.807, 2.05) is 36.4 Å². The molecular weight excluding hydrogens is 396 g/mol. The minimum absolute atomic E-state index is 0.0379. The van der Waals surface area contributed by atoms with Gasteiger partial charge in [0.05, 0.1) is 23.0 Å². The van der Waals surface area contributed by atoms with Crippen molar-refractivity contribution in [1.29, 1.82) is 0 Å². The molecule has 2 aromatic rings. The maximum absolute atomic E-state index is 13.5. The summed E-state index contributed by atoms with van der Waals surface area (Å²) in [6, 6.07) is 16.0. The first kappa shape index (κ1) is 19.8. The van der Waals surface area contributed by atoms with Gasteiger partial charge < -0.3 is 10.2 Å². The van der Waals surface area contributed by atoms with Crippen LogP contribution in [0.3, 0.4) is 0 Å². The standard InChI is InChI=1S/C24H28N2O3S/c27-23(25-22(15-26-12-4-5-13-26)18-6-2-1-3-7-18)24(10-11-24)21-9-8-19-16-30(28,29)17-20(19)14-21/h1-3,6-9,14,22H,4-5,10-13,15-17H2,(H,25,27)/t22-/m1/s1. The number of hydrogen-bond donors (Lipinski definition) is 1. The third-order valence-electron chi connectivity index (χ3n) is 6.84. The van der Waals surface area contributed by atoms with Crippen molar-refractivity contribution >= 4 is 15.7 Å². The smallest absolute Gasteiger partial charge is 0.231 e. The Kier molecular flexibility index (Phi) is 4.94. The van der Waals surface area contributed by atoms with Gasteiger partial charge in [-0.25, -0.2) is 8.42 Å². The molecule has 158 valence electrons. The van der Waals surface area contributed by atoms with Crippen LogP contribution in [0.4, 0.5) is 0 Å². The predicted octanol–water partition coefficient (Wildman–Crippen LogP) is 3.10. The monoisotopic (exact) mass is 424 g/mol. The van der Waals surface area contributed by atoms with E-state index in [0.29, 0.717) is 0 Å². The van der Waals surface area contributed by atoms with Crippen LogP contribution in [0, 0.1) is 0 Å². The highest BCUT2D eigenvalue weighted by Crippen LogP contribution is 2.49. The number of rotatable bonds is 6. The number of carbonyl (C=O) groups is 1. The molecule has 1 amide bonds. The lowest BCUT2D eigenvalue weighted by Gasteiger charge is -2.27. The molecule has 3 aliphatic rings. The molecule has 2 aliphatic heterocycles. The van der Waals surface area contributed by atoms with Gasteiger partial charge in [0.25, 0.3) is 0 Å². The lowest BCUT2D eigenvalue weighted by atomic mass is 9.91. The Balaban J connectivity index is 1.38. The summed E-state index contributed by atoms with van der Waals surface area (Å²) in [6.45, 7) is 3.00. The summed E-state index contributed by atoms with van der Waals surface area (Å²) < 4.78 is 24.0. The first-order valence-electron chi connectivity index (χ1n) is 10.9. The Morgan fingerprint density at radius 2 is 1.70 bits per heavy atom. The van der Waals surface area contributed by atoms with Gasteiger partial charge in [0.2, 0.25) is 5.91 Å². The van der Waals surface area contributed by atoms with Gasteiger partial charge in [0.1, 0.15) is 0 Å². The maximum atomic E-state index is 13.5. The Hall–Kier alpha value is -2.18. The summed E-state index contributed by atoms with van der Waals surface area (Å²) in [7, 11) is -3.04. The summed E-state index contributed by atoms with van der Waals surface area (Å²) in [6.07, 6.45) is 4.07. The van der Waals surface area contributed by atoms with Crippen LogP contribution in [0.1, 0.15) is 54.0 Å². The van der Waals surface area contributed by atoms with Crippen LogP contribution in [0.15, 0.2) is 48.5 Å². The number of hydrogen-bond acceptors (Lipinski definition) is 4. The van der Waals surface area contributed by atoms with Gasteiger partial charge in [0.15, 0.2) is 9.84 Å².